The van der Waals surface area contributed by atoms with Gasteiger partial charge in [0.2, 0.25) is 0 Å². The molecule has 0 rings (SSSR count). The topological polar surface area (TPSA) is 38.3 Å². The maximum atomic E-state index is 11.2. The zero-order valence-corrected chi connectivity index (χ0v) is 11.5. The van der Waals surface area contributed by atoms with E-state index in [0.29, 0.717) is 6.54 Å². The molecule has 3 nitrogen and oxygen atoms in total. The second kappa shape index (κ2) is 5.22. The molecule has 4 heteroatoms. The Kier molecular flexibility index (Phi) is 4.89. The molecule has 0 radical (unpaired) electrons. The van der Waals surface area contributed by atoms with Crippen LogP contribution in [0.2, 0.25) is 19.6 Å². The van der Waals surface area contributed by atoms with Crippen LogP contribution >= 0.6 is 0 Å². The van der Waals surface area contributed by atoms with E-state index >= 15 is 0 Å². The standard InChI is InChI=1S/C11H21NO2Si/c1-11(2,3)14-10(13)12-8-7-9-15(4,5)6/h8H2,1-6H3,(H,12,13). The van der Waals surface area contributed by atoms with Crippen molar-refractivity contribution in [3.05, 3.63) is 0 Å². The van der Waals surface area contributed by atoms with Crippen molar-refractivity contribution < 1.29 is 9.53 Å². The van der Waals surface area contributed by atoms with Crippen LogP contribution in [0.3, 0.4) is 0 Å². The van der Waals surface area contributed by atoms with Crippen LogP contribution in [-0.2, 0) is 4.74 Å². The summed E-state index contributed by atoms with van der Waals surface area (Å²) < 4.78 is 5.06. The summed E-state index contributed by atoms with van der Waals surface area (Å²) in [6, 6.07) is 0. The van der Waals surface area contributed by atoms with Gasteiger partial charge in [-0.15, -0.1) is 5.54 Å². The van der Waals surface area contributed by atoms with Crippen molar-refractivity contribution in [3.63, 3.8) is 0 Å². The highest BCUT2D eigenvalue weighted by atomic mass is 28.3. The second-order valence-corrected chi connectivity index (χ2v) is 10.2. The van der Waals surface area contributed by atoms with E-state index in [1.54, 1.807) is 0 Å². The summed E-state index contributed by atoms with van der Waals surface area (Å²) in [7, 11) is -1.33. The largest absolute Gasteiger partial charge is 0.444 e. The van der Waals surface area contributed by atoms with Crippen LogP contribution in [0.5, 0.6) is 0 Å². The van der Waals surface area contributed by atoms with Crippen molar-refractivity contribution >= 4 is 14.2 Å². The molecule has 0 saturated heterocycles. The summed E-state index contributed by atoms with van der Waals surface area (Å²) in [5.41, 5.74) is 2.71. The van der Waals surface area contributed by atoms with Crippen molar-refractivity contribution in [2.24, 2.45) is 0 Å². The molecule has 0 aromatic carbocycles. The molecule has 15 heavy (non-hydrogen) atoms. The van der Waals surface area contributed by atoms with E-state index in [4.69, 9.17) is 4.74 Å². The lowest BCUT2D eigenvalue weighted by molar-refractivity contribution is 0.0535. The minimum atomic E-state index is -1.33. The third kappa shape index (κ3) is 11.0. The monoisotopic (exact) mass is 227 g/mol. The van der Waals surface area contributed by atoms with Crippen LogP contribution in [0.4, 0.5) is 4.79 Å². The Morgan fingerprint density at radius 2 is 1.87 bits per heavy atom. The maximum Gasteiger partial charge on any atom is 0.408 e. The quantitative estimate of drug-likeness (QED) is 0.552. The van der Waals surface area contributed by atoms with Gasteiger partial charge >= 0.3 is 6.09 Å². The first-order chi connectivity index (χ1) is 6.60. The molecule has 0 aromatic heterocycles. The van der Waals surface area contributed by atoms with Gasteiger partial charge in [-0.1, -0.05) is 25.6 Å². The fourth-order valence-electron chi connectivity index (χ4n) is 0.740. The number of carbonyl (C=O) groups is 1. The molecule has 0 aliphatic heterocycles. The zero-order chi connectivity index (χ0) is 12.1. The Bertz CT molecular complexity index is 276. The first-order valence-electron chi connectivity index (χ1n) is 5.07. The highest BCUT2D eigenvalue weighted by molar-refractivity contribution is 6.83. The van der Waals surface area contributed by atoms with Crippen molar-refractivity contribution in [2.75, 3.05) is 6.54 Å². The highest BCUT2D eigenvalue weighted by Crippen LogP contribution is 2.05. The molecule has 0 aromatic rings. The summed E-state index contributed by atoms with van der Waals surface area (Å²) in [5.74, 6) is 2.94. The molecule has 0 bridgehead atoms. The minimum absolute atomic E-state index is 0.360. The highest BCUT2D eigenvalue weighted by Gasteiger charge is 2.15. The lowest BCUT2D eigenvalue weighted by Gasteiger charge is -2.19. The molecule has 0 heterocycles. The summed E-state index contributed by atoms with van der Waals surface area (Å²) >= 11 is 0. The number of alkyl carbamates (subject to hydrolysis) is 1. The third-order valence-electron chi connectivity index (χ3n) is 1.18. The fraction of sp³-hybridized carbons (Fsp3) is 0.727. The Morgan fingerprint density at radius 1 is 1.33 bits per heavy atom. The van der Waals surface area contributed by atoms with Gasteiger partial charge in [0.25, 0.3) is 0 Å². The predicted molar refractivity (Wildman–Crippen MR) is 65.4 cm³/mol. The SMILES string of the molecule is CC(C)(C)OC(=O)NCC#C[Si](C)(C)C. The third-order valence-corrected chi connectivity index (χ3v) is 2.11. The first-order valence-corrected chi connectivity index (χ1v) is 8.57. The second-order valence-electron chi connectivity index (χ2n) is 5.41. The number of hydrogen-bond acceptors (Lipinski definition) is 2. The van der Waals surface area contributed by atoms with E-state index in [2.05, 4.69) is 36.4 Å². The normalized spacial score (nSPS) is 11.3. The molecule has 0 atom stereocenters. The van der Waals surface area contributed by atoms with E-state index in [1.807, 2.05) is 20.8 Å². The fourth-order valence-corrected chi connectivity index (χ4v) is 1.36. The van der Waals surface area contributed by atoms with Crippen LogP contribution in [-0.4, -0.2) is 26.3 Å². The summed E-state index contributed by atoms with van der Waals surface area (Å²) in [5, 5.41) is 2.60. The molecule has 0 unspecified atom stereocenters. The number of amides is 1. The van der Waals surface area contributed by atoms with Gasteiger partial charge in [-0.05, 0) is 20.8 Å². The summed E-state index contributed by atoms with van der Waals surface area (Å²) in [4.78, 5) is 11.2. The lowest BCUT2D eigenvalue weighted by atomic mass is 10.2. The van der Waals surface area contributed by atoms with Gasteiger partial charge in [0.15, 0.2) is 0 Å². The van der Waals surface area contributed by atoms with Crippen LogP contribution in [0.25, 0.3) is 0 Å². The summed E-state index contributed by atoms with van der Waals surface area (Å²) in [6.45, 7) is 12.3. The molecule has 86 valence electrons. The lowest BCUT2D eigenvalue weighted by Crippen LogP contribution is -2.32. The molecular weight excluding hydrogens is 206 g/mol. The van der Waals surface area contributed by atoms with Gasteiger partial charge in [-0.25, -0.2) is 4.79 Å². The maximum absolute atomic E-state index is 11.2. The smallest absolute Gasteiger partial charge is 0.408 e. The Labute approximate surface area is 93.6 Å². The molecule has 0 aliphatic rings. The Morgan fingerprint density at radius 3 is 2.27 bits per heavy atom. The number of ether oxygens (including phenoxy) is 1. The number of carbonyl (C=O) groups excluding carboxylic acids is 1. The molecule has 0 fully saturated rings. The average molecular weight is 227 g/mol. The minimum Gasteiger partial charge on any atom is -0.444 e. The van der Waals surface area contributed by atoms with Gasteiger partial charge < -0.3 is 10.1 Å². The van der Waals surface area contributed by atoms with Crippen LogP contribution in [0.15, 0.2) is 0 Å². The number of nitrogens with one attached hydrogen (secondary N) is 1. The van der Waals surface area contributed by atoms with E-state index < -0.39 is 19.8 Å². The van der Waals surface area contributed by atoms with Gasteiger partial charge in [0.1, 0.15) is 13.7 Å². The summed E-state index contributed by atoms with van der Waals surface area (Å²) in [6.07, 6.45) is -0.410. The van der Waals surface area contributed by atoms with Crippen LogP contribution in [0.1, 0.15) is 20.8 Å². The zero-order valence-electron chi connectivity index (χ0n) is 10.5. The van der Waals surface area contributed by atoms with Gasteiger partial charge in [-0.2, -0.15) is 0 Å². The van der Waals surface area contributed by atoms with E-state index in [9.17, 15) is 4.79 Å². The van der Waals surface area contributed by atoms with Crippen molar-refractivity contribution in [1.82, 2.24) is 5.32 Å². The predicted octanol–water partition coefficient (Wildman–Crippen LogP) is 2.39. The van der Waals surface area contributed by atoms with Crippen LogP contribution in [0, 0.1) is 11.5 Å². The molecule has 0 saturated carbocycles. The van der Waals surface area contributed by atoms with Gasteiger partial charge in [0.05, 0.1) is 6.54 Å². The van der Waals surface area contributed by atoms with E-state index in [0.717, 1.165) is 0 Å². The number of hydrogen-bond donors (Lipinski definition) is 1. The van der Waals surface area contributed by atoms with Crippen molar-refractivity contribution in [1.29, 1.82) is 0 Å². The Hall–Kier alpha value is -0.953. The Balaban J connectivity index is 3.87. The first kappa shape index (κ1) is 14.0. The molecule has 1 amide bonds. The molecule has 0 aliphatic carbocycles. The number of rotatable bonds is 1. The van der Waals surface area contributed by atoms with Gasteiger partial charge in [0, 0.05) is 0 Å². The van der Waals surface area contributed by atoms with E-state index in [-0.39, 0.29) is 0 Å². The van der Waals surface area contributed by atoms with Crippen molar-refractivity contribution in [2.45, 2.75) is 46.0 Å². The van der Waals surface area contributed by atoms with Gasteiger partial charge in [-0.3, -0.25) is 0 Å². The average Bonchev–Trinajstić information content (AvgIpc) is 1.92. The molecular formula is C11H21NO2Si. The molecule has 0 spiro atoms. The van der Waals surface area contributed by atoms with E-state index in [1.165, 1.54) is 0 Å². The molecule has 1 N–H and O–H groups in total. The van der Waals surface area contributed by atoms with Crippen molar-refractivity contribution in [3.8, 4) is 11.5 Å². The van der Waals surface area contributed by atoms with Crippen LogP contribution < -0.4 is 5.32 Å².